The molecule has 1 aromatic rings. The molecule has 0 radical (unpaired) electrons. The van der Waals surface area contributed by atoms with Gasteiger partial charge in [0.15, 0.2) is 0 Å². The minimum atomic E-state index is 0.557. The second-order valence-corrected chi connectivity index (χ2v) is 4.48. The standard InChI is InChI=1S/C12H23N3/c1-10(2)13-7-5-6-11(3)15-9-8-14-12(15)4/h8-11,13H,5-7H2,1-4H3. The molecule has 0 aliphatic heterocycles. The number of hydrogen-bond acceptors (Lipinski definition) is 2. The Bertz CT molecular complexity index is 278. The summed E-state index contributed by atoms with van der Waals surface area (Å²) in [6.07, 6.45) is 6.36. The highest BCUT2D eigenvalue weighted by molar-refractivity contribution is 4.91. The maximum atomic E-state index is 4.24. The van der Waals surface area contributed by atoms with Crippen LogP contribution in [0.2, 0.25) is 0 Å². The van der Waals surface area contributed by atoms with E-state index in [1.165, 1.54) is 12.8 Å². The molecule has 3 nitrogen and oxygen atoms in total. The molecular weight excluding hydrogens is 186 g/mol. The first-order valence-electron chi connectivity index (χ1n) is 5.84. The van der Waals surface area contributed by atoms with Crippen molar-refractivity contribution in [3.8, 4) is 0 Å². The zero-order chi connectivity index (χ0) is 11.3. The molecule has 0 aromatic carbocycles. The molecule has 0 saturated heterocycles. The van der Waals surface area contributed by atoms with Gasteiger partial charge in [-0.05, 0) is 33.2 Å². The topological polar surface area (TPSA) is 29.9 Å². The van der Waals surface area contributed by atoms with Gasteiger partial charge in [-0.2, -0.15) is 0 Å². The van der Waals surface area contributed by atoms with Crippen molar-refractivity contribution in [2.75, 3.05) is 6.54 Å². The van der Waals surface area contributed by atoms with Gasteiger partial charge < -0.3 is 9.88 Å². The third-order valence-electron chi connectivity index (χ3n) is 2.69. The Morgan fingerprint density at radius 3 is 2.67 bits per heavy atom. The summed E-state index contributed by atoms with van der Waals surface area (Å²) in [5.74, 6) is 1.11. The Labute approximate surface area is 92.9 Å². The summed E-state index contributed by atoms with van der Waals surface area (Å²) in [4.78, 5) is 4.24. The lowest BCUT2D eigenvalue weighted by Gasteiger charge is -2.15. The monoisotopic (exact) mass is 209 g/mol. The van der Waals surface area contributed by atoms with Crippen LogP contribution in [0.1, 0.15) is 45.5 Å². The quantitative estimate of drug-likeness (QED) is 0.730. The van der Waals surface area contributed by atoms with Gasteiger partial charge in [-0.1, -0.05) is 13.8 Å². The number of aryl methyl sites for hydroxylation is 1. The van der Waals surface area contributed by atoms with E-state index in [2.05, 4.69) is 48.8 Å². The first-order chi connectivity index (χ1) is 7.11. The van der Waals surface area contributed by atoms with Crippen molar-refractivity contribution in [1.82, 2.24) is 14.9 Å². The van der Waals surface area contributed by atoms with E-state index in [9.17, 15) is 0 Å². The van der Waals surface area contributed by atoms with Crippen LogP contribution in [0, 0.1) is 6.92 Å². The first-order valence-corrected chi connectivity index (χ1v) is 5.84. The third kappa shape index (κ3) is 4.04. The highest BCUT2D eigenvalue weighted by Crippen LogP contribution is 2.14. The summed E-state index contributed by atoms with van der Waals surface area (Å²) in [6, 6.07) is 1.15. The largest absolute Gasteiger partial charge is 0.332 e. The van der Waals surface area contributed by atoms with E-state index in [0.717, 1.165) is 12.4 Å². The third-order valence-corrected chi connectivity index (χ3v) is 2.69. The smallest absolute Gasteiger partial charge is 0.105 e. The predicted molar refractivity (Wildman–Crippen MR) is 64.0 cm³/mol. The van der Waals surface area contributed by atoms with Crippen LogP contribution in [0.4, 0.5) is 0 Å². The van der Waals surface area contributed by atoms with Gasteiger partial charge in [-0.25, -0.2) is 4.98 Å². The molecule has 0 spiro atoms. The Hall–Kier alpha value is -0.830. The van der Waals surface area contributed by atoms with Crippen molar-refractivity contribution in [2.24, 2.45) is 0 Å². The van der Waals surface area contributed by atoms with E-state index < -0.39 is 0 Å². The highest BCUT2D eigenvalue weighted by Gasteiger charge is 2.06. The summed E-state index contributed by atoms with van der Waals surface area (Å²) >= 11 is 0. The Kier molecular flexibility index (Phi) is 4.82. The highest BCUT2D eigenvalue weighted by atomic mass is 15.1. The van der Waals surface area contributed by atoms with Gasteiger partial charge in [0.05, 0.1) is 0 Å². The first kappa shape index (κ1) is 12.2. The molecule has 86 valence electrons. The predicted octanol–water partition coefficient (Wildman–Crippen LogP) is 2.53. The molecule has 15 heavy (non-hydrogen) atoms. The minimum absolute atomic E-state index is 0.557. The summed E-state index contributed by atoms with van der Waals surface area (Å²) in [5, 5.41) is 3.44. The van der Waals surface area contributed by atoms with Crippen molar-refractivity contribution in [3.63, 3.8) is 0 Å². The van der Waals surface area contributed by atoms with E-state index >= 15 is 0 Å². The number of nitrogens with zero attached hydrogens (tertiary/aromatic N) is 2. The van der Waals surface area contributed by atoms with E-state index in [1.54, 1.807) is 0 Å². The van der Waals surface area contributed by atoms with Crippen molar-refractivity contribution < 1.29 is 0 Å². The number of aromatic nitrogens is 2. The van der Waals surface area contributed by atoms with Gasteiger partial charge in [0.1, 0.15) is 5.82 Å². The Morgan fingerprint density at radius 2 is 2.13 bits per heavy atom. The van der Waals surface area contributed by atoms with Crippen molar-refractivity contribution in [3.05, 3.63) is 18.2 Å². The van der Waals surface area contributed by atoms with Gasteiger partial charge in [0.25, 0.3) is 0 Å². The van der Waals surface area contributed by atoms with Crippen LogP contribution in [0.3, 0.4) is 0 Å². The molecule has 3 heteroatoms. The average molecular weight is 209 g/mol. The molecule has 0 fully saturated rings. The SMILES string of the molecule is Cc1nccn1C(C)CCCNC(C)C. The number of hydrogen-bond donors (Lipinski definition) is 1. The van der Waals surface area contributed by atoms with E-state index in [4.69, 9.17) is 0 Å². The Morgan fingerprint density at radius 1 is 1.40 bits per heavy atom. The molecule has 1 N–H and O–H groups in total. The fourth-order valence-corrected chi connectivity index (χ4v) is 1.78. The van der Waals surface area contributed by atoms with Crippen LogP contribution >= 0.6 is 0 Å². The van der Waals surface area contributed by atoms with Crippen LogP contribution in [0.25, 0.3) is 0 Å². The van der Waals surface area contributed by atoms with E-state index in [0.29, 0.717) is 12.1 Å². The van der Waals surface area contributed by atoms with Crippen molar-refractivity contribution >= 4 is 0 Å². The lowest BCUT2D eigenvalue weighted by molar-refractivity contribution is 0.458. The Balaban J connectivity index is 2.25. The van der Waals surface area contributed by atoms with Gasteiger partial charge >= 0.3 is 0 Å². The lowest BCUT2D eigenvalue weighted by atomic mass is 10.1. The maximum absolute atomic E-state index is 4.24. The minimum Gasteiger partial charge on any atom is -0.332 e. The van der Waals surface area contributed by atoms with Crippen LogP contribution in [-0.2, 0) is 0 Å². The van der Waals surface area contributed by atoms with Gasteiger partial charge in [0.2, 0.25) is 0 Å². The van der Waals surface area contributed by atoms with Crippen LogP contribution in [0.15, 0.2) is 12.4 Å². The molecule has 1 rings (SSSR count). The second-order valence-electron chi connectivity index (χ2n) is 4.48. The maximum Gasteiger partial charge on any atom is 0.105 e. The van der Waals surface area contributed by atoms with Crippen LogP contribution < -0.4 is 5.32 Å². The molecule has 1 atom stereocenters. The fraction of sp³-hybridized carbons (Fsp3) is 0.750. The molecule has 0 aliphatic rings. The molecule has 1 aromatic heterocycles. The number of rotatable bonds is 6. The zero-order valence-electron chi connectivity index (χ0n) is 10.3. The average Bonchev–Trinajstić information content (AvgIpc) is 2.58. The molecule has 1 unspecified atom stereocenters. The van der Waals surface area contributed by atoms with E-state index in [-0.39, 0.29) is 0 Å². The molecule has 0 aliphatic carbocycles. The van der Waals surface area contributed by atoms with Crippen molar-refractivity contribution in [1.29, 1.82) is 0 Å². The van der Waals surface area contributed by atoms with Gasteiger partial charge in [-0.15, -0.1) is 0 Å². The summed E-state index contributed by atoms with van der Waals surface area (Å²) in [7, 11) is 0. The van der Waals surface area contributed by atoms with Gasteiger partial charge in [-0.3, -0.25) is 0 Å². The molecule has 0 amide bonds. The van der Waals surface area contributed by atoms with Crippen LogP contribution in [-0.4, -0.2) is 22.1 Å². The molecular formula is C12H23N3. The lowest BCUT2D eigenvalue weighted by Crippen LogP contribution is -2.24. The summed E-state index contributed by atoms with van der Waals surface area (Å²) < 4.78 is 2.25. The summed E-state index contributed by atoms with van der Waals surface area (Å²) in [6.45, 7) is 9.79. The molecule has 0 saturated carbocycles. The zero-order valence-corrected chi connectivity index (χ0v) is 10.3. The van der Waals surface area contributed by atoms with Gasteiger partial charge in [0, 0.05) is 24.5 Å². The molecule has 0 bridgehead atoms. The molecule has 1 heterocycles. The van der Waals surface area contributed by atoms with Crippen LogP contribution in [0.5, 0.6) is 0 Å². The second kappa shape index (κ2) is 5.91. The normalized spacial score (nSPS) is 13.4. The number of imidazole rings is 1. The fourth-order valence-electron chi connectivity index (χ4n) is 1.78. The summed E-state index contributed by atoms with van der Waals surface area (Å²) in [5.41, 5.74) is 0. The number of nitrogens with one attached hydrogen (secondary N) is 1. The van der Waals surface area contributed by atoms with Crippen molar-refractivity contribution in [2.45, 2.75) is 52.6 Å². The van der Waals surface area contributed by atoms with E-state index in [1.807, 2.05) is 6.20 Å².